The zero-order valence-corrected chi connectivity index (χ0v) is 19.3. The number of nitrogens with two attached hydrogens (primary N) is 2. The number of amides is 3. The van der Waals surface area contributed by atoms with Crippen molar-refractivity contribution >= 4 is 23.5 Å². The lowest BCUT2D eigenvalue weighted by Gasteiger charge is -2.22. The molecular weight excluding hydrogens is 491 g/mol. The molecule has 3 aromatic rings. The van der Waals surface area contributed by atoms with Crippen molar-refractivity contribution in [3.05, 3.63) is 77.9 Å². The van der Waals surface area contributed by atoms with E-state index in [-0.39, 0.29) is 34.5 Å². The van der Waals surface area contributed by atoms with Crippen molar-refractivity contribution in [1.82, 2.24) is 19.5 Å². The van der Waals surface area contributed by atoms with E-state index in [1.165, 1.54) is 30.3 Å². The molecule has 0 saturated carbocycles. The standard InChI is InChI=1S/C24H22F3N7O3/c1-2-18(35)33-11-3-4-16(33)22-32-19(20(21(28)36)34(22)29)13-5-7-14(8-6-13)23(37)31-17-12-15(9-10-30-17)24(25,26)27/h2,5-10,12,16H,1,3-4,11,29H2,(H2,28,36)(H,30,31,37)/t16-/m0/s1. The molecule has 3 amide bonds. The summed E-state index contributed by atoms with van der Waals surface area (Å²) in [7, 11) is 0. The molecule has 1 aliphatic rings. The van der Waals surface area contributed by atoms with Crippen molar-refractivity contribution in [3.63, 3.8) is 0 Å². The van der Waals surface area contributed by atoms with Gasteiger partial charge in [-0.2, -0.15) is 13.2 Å². The van der Waals surface area contributed by atoms with Gasteiger partial charge in [0.1, 0.15) is 11.5 Å². The number of hydrogen-bond donors (Lipinski definition) is 3. The largest absolute Gasteiger partial charge is 0.416 e. The predicted molar refractivity (Wildman–Crippen MR) is 127 cm³/mol. The molecule has 0 bridgehead atoms. The van der Waals surface area contributed by atoms with Crippen LogP contribution in [0, 0.1) is 0 Å². The van der Waals surface area contributed by atoms with Crippen LogP contribution >= 0.6 is 0 Å². The lowest BCUT2D eigenvalue weighted by atomic mass is 10.1. The fourth-order valence-electron chi connectivity index (χ4n) is 4.18. The van der Waals surface area contributed by atoms with E-state index in [2.05, 4.69) is 21.9 Å². The van der Waals surface area contributed by atoms with Gasteiger partial charge in [-0.1, -0.05) is 18.7 Å². The Morgan fingerprint density at radius 3 is 2.49 bits per heavy atom. The Balaban J connectivity index is 1.61. The monoisotopic (exact) mass is 513 g/mol. The number of halogens is 3. The van der Waals surface area contributed by atoms with Crippen LogP contribution in [0.5, 0.6) is 0 Å². The number of alkyl halides is 3. The lowest BCUT2D eigenvalue weighted by Crippen LogP contribution is -2.32. The third kappa shape index (κ3) is 5.01. The minimum Gasteiger partial charge on any atom is -0.364 e. The number of carbonyl (C=O) groups excluding carboxylic acids is 3. The van der Waals surface area contributed by atoms with Gasteiger partial charge in [-0.05, 0) is 43.2 Å². The van der Waals surface area contributed by atoms with Gasteiger partial charge >= 0.3 is 6.18 Å². The van der Waals surface area contributed by atoms with Crippen molar-refractivity contribution in [2.24, 2.45) is 5.73 Å². The van der Waals surface area contributed by atoms with E-state index in [0.717, 1.165) is 23.0 Å². The predicted octanol–water partition coefficient (Wildman–Crippen LogP) is 2.88. The molecule has 4 rings (SSSR count). The van der Waals surface area contributed by atoms with Crippen LogP contribution in [-0.2, 0) is 11.0 Å². The topological polar surface area (TPSA) is 149 Å². The summed E-state index contributed by atoms with van der Waals surface area (Å²) in [5.41, 5.74) is 5.22. The molecule has 1 atom stereocenters. The maximum absolute atomic E-state index is 12.9. The minimum atomic E-state index is -4.58. The number of benzene rings is 1. The summed E-state index contributed by atoms with van der Waals surface area (Å²) in [6, 6.07) is 6.84. The fraction of sp³-hybridized carbons (Fsp3) is 0.208. The quantitative estimate of drug-likeness (QED) is 0.341. The summed E-state index contributed by atoms with van der Waals surface area (Å²) < 4.78 is 39.8. The number of pyridine rings is 1. The number of anilines is 1. The van der Waals surface area contributed by atoms with E-state index in [0.29, 0.717) is 24.9 Å². The molecule has 1 aliphatic heterocycles. The average Bonchev–Trinajstić information content (AvgIpc) is 3.47. The smallest absolute Gasteiger partial charge is 0.364 e. The zero-order chi connectivity index (χ0) is 26.9. The molecule has 13 heteroatoms. The molecule has 0 spiro atoms. The summed E-state index contributed by atoms with van der Waals surface area (Å²) in [6.07, 6.45) is -1.16. The second-order valence-electron chi connectivity index (χ2n) is 8.25. The Morgan fingerprint density at radius 2 is 1.86 bits per heavy atom. The highest BCUT2D eigenvalue weighted by molar-refractivity contribution is 6.04. The first-order chi connectivity index (χ1) is 17.5. The minimum absolute atomic E-state index is 0.0849. The molecule has 37 heavy (non-hydrogen) atoms. The van der Waals surface area contributed by atoms with Crippen molar-refractivity contribution in [1.29, 1.82) is 0 Å². The number of rotatable bonds is 6. The van der Waals surface area contributed by atoms with Crippen molar-refractivity contribution < 1.29 is 27.6 Å². The van der Waals surface area contributed by atoms with Gasteiger partial charge in [0.25, 0.3) is 11.8 Å². The van der Waals surface area contributed by atoms with Gasteiger partial charge < -0.3 is 21.8 Å². The van der Waals surface area contributed by atoms with Gasteiger partial charge in [0.15, 0.2) is 11.5 Å². The van der Waals surface area contributed by atoms with Gasteiger partial charge in [-0.15, -0.1) is 0 Å². The van der Waals surface area contributed by atoms with Gasteiger partial charge in [0.05, 0.1) is 11.6 Å². The molecule has 1 saturated heterocycles. The third-order valence-electron chi connectivity index (χ3n) is 5.93. The molecule has 1 aromatic carbocycles. The van der Waals surface area contributed by atoms with E-state index in [1.807, 2.05) is 0 Å². The molecule has 1 fully saturated rings. The summed E-state index contributed by atoms with van der Waals surface area (Å²) >= 11 is 0. The summed E-state index contributed by atoms with van der Waals surface area (Å²) in [5, 5.41) is 2.32. The van der Waals surface area contributed by atoms with E-state index in [4.69, 9.17) is 11.6 Å². The second-order valence-corrected chi connectivity index (χ2v) is 8.25. The molecular formula is C24H22F3N7O3. The number of nitrogens with zero attached hydrogens (tertiary/aromatic N) is 4. The summed E-state index contributed by atoms with van der Waals surface area (Å²) in [4.78, 5) is 46.9. The first-order valence-electron chi connectivity index (χ1n) is 11.1. The normalized spacial score (nSPS) is 15.4. The molecule has 5 N–H and O–H groups in total. The summed E-state index contributed by atoms with van der Waals surface area (Å²) in [6.45, 7) is 3.99. The highest BCUT2D eigenvalue weighted by Crippen LogP contribution is 2.34. The average molecular weight is 513 g/mol. The van der Waals surface area contributed by atoms with Crippen LogP contribution in [0.25, 0.3) is 11.3 Å². The Kier molecular flexibility index (Phi) is 6.70. The highest BCUT2D eigenvalue weighted by Gasteiger charge is 2.35. The van der Waals surface area contributed by atoms with Crippen LogP contribution < -0.4 is 16.9 Å². The van der Waals surface area contributed by atoms with Gasteiger partial charge in [0.2, 0.25) is 5.91 Å². The number of primary amides is 1. The molecule has 10 nitrogen and oxygen atoms in total. The number of imidazole rings is 1. The SMILES string of the molecule is C=CC(=O)N1CCC[C@H]1c1nc(-c2ccc(C(=O)Nc3cc(C(F)(F)F)ccn3)cc2)c(C(N)=O)n1N. The number of nitrogen functional groups attached to an aromatic ring is 1. The molecule has 0 unspecified atom stereocenters. The van der Waals surface area contributed by atoms with Crippen LogP contribution in [0.1, 0.15) is 51.1 Å². The van der Waals surface area contributed by atoms with Crippen LogP contribution in [0.15, 0.2) is 55.3 Å². The van der Waals surface area contributed by atoms with E-state index in [9.17, 15) is 27.6 Å². The van der Waals surface area contributed by atoms with Crippen molar-refractivity contribution in [2.45, 2.75) is 25.1 Å². The number of likely N-dealkylation sites (tertiary alicyclic amines) is 1. The number of aromatic nitrogens is 3. The first-order valence-corrected chi connectivity index (χ1v) is 11.1. The van der Waals surface area contributed by atoms with E-state index < -0.39 is 29.6 Å². The Bertz CT molecular complexity index is 1380. The van der Waals surface area contributed by atoms with Gasteiger partial charge in [-0.3, -0.25) is 14.4 Å². The van der Waals surface area contributed by atoms with Gasteiger partial charge in [0, 0.05) is 23.9 Å². The van der Waals surface area contributed by atoms with E-state index in [1.54, 1.807) is 4.90 Å². The van der Waals surface area contributed by atoms with Crippen LogP contribution in [0.4, 0.5) is 19.0 Å². The Hall–Kier alpha value is -4.68. The summed E-state index contributed by atoms with van der Waals surface area (Å²) in [5.74, 6) is 4.36. The molecule has 0 aliphatic carbocycles. The second kappa shape index (κ2) is 9.76. The van der Waals surface area contributed by atoms with E-state index >= 15 is 0 Å². The van der Waals surface area contributed by atoms with Gasteiger partial charge in [-0.25, -0.2) is 14.6 Å². The van der Waals surface area contributed by atoms with Crippen molar-refractivity contribution in [2.75, 3.05) is 17.7 Å². The first kappa shape index (κ1) is 25.4. The molecule has 192 valence electrons. The van der Waals surface area contributed by atoms with Crippen molar-refractivity contribution in [3.8, 4) is 11.3 Å². The number of hydrogen-bond acceptors (Lipinski definition) is 6. The molecule has 3 heterocycles. The van der Waals surface area contributed by atoms with Crippen LogP contribution in [-0.4, -0.2) is 43.8 Å². The van der Waals surface area contributed by atoms with Crippen LogP contribution in [0.2, 0.25) is 0 Å². The van der Waals surface area contributed by atoms with Crippen LogP contribution in [0.3, 0.4) is 0 Å². The zero-order valence-electron chi connectivity index (χ0n) is 19.3. The fourth-order valence-corrected chi connectivity index (χ4v) is 4.18. The molecule has 2 aromatic heterocycles. The number of nitrogens with one attached hydrogen (secondary N) is 1. The lowest BCUT2D eigenvalue weighted by molar-refractivity contribution is -0.137. The Labute approximate surface area is 208 Å². The maximum atomic E-state index is 12.9. The molecule has 0 radical (unpaired) electrons. The highest BCUT2D eigenvalue weighted by atomic mass is 19.4. The number of carbonyl (C=O) groups is 3. The Morgan fingerprint density at radius 1 is 1.16 bits per heavy atom. The third-order valence-corrected chi connectivity index (χ3v) is 5.93. The maximum Gasteiger partial charge on any atom is 0.416 e.